The summed E-state index contributed by atoms with van der Waals surface area (Å²) < 4.78 is 5.05. The number of carbonyl (C=O) groups excluding carboxylic acids is 1. The molecular formula is C12H17ClN2O2. The van der Waals surface area contributed by atoms with Crippen molar-refractivity contribution in [2.24, 2.45) is 0 Å². The number of methoxy groups -OCH3 is 1. The first-order chi connectivity index (χ1) is 7.79. The van der Waals surface area contributed by atoms with Crippen molar-refractivity contribution in [3.8, 4) is 5.75 Å². The van der Waals surface area contributed by atoms with Crippen molar-refractivity contribution in [3.63, 3.8) is 0 Å². The zero-order valence-electron chi connectivity index (χ0n) is 9.73. The maximum absolute atomic E-state index is 11.8. The topological polar surface area (TPSA) is 50.4 Å². The van der Waals surface area contributed by atoms with Crippen LogP contribution in [0.4, 0.5) is 5.69 Å². The Hall–Kier alpha value is -1.26. The van der Waals surface area contributed by atoms with Gasteiger partial charge in [-0.05, 0) is 43.7 Å². The van der Waals surface area contributed by atoms with Crippen molar-refractivity contribution in [3.05, 3.63) is 24.3 Å². The zero-order chi connectivity index (χ0) is 11.4. The van der Waals surface area contributed by atoms with E-state index < -0.39 is 0 Å². The lowest BCUT2D eigenvalue weighted by Crippen LogP contribution is -2.35. The molecule has 1 atom stereocenters. The molecule has 1 unspecified atom stereocenters. The minimum Gasteiger partial charge on any atom is -0.497 e. The van der Waals surface area contributed by atoms with Gasteiger partial charge in [0.15, 0.2) is 0 Å². The van der Waals surface area contributed by atoms with Gasteiger partial charge in [-0.1, -0.05) is 0 Å². The average molecular weight is 257 g/mol. The lowest BCUT2D eigenvalue weighted by Gasteiger charge is -2.11. The van der Waals surface area contributed by atoms with Gasteiger partial charge in [0.2, 0.25) is 5.91 Å². The maximum Gasteiger partial charge on any atom is 0.241 e. The van der Waals surface area contributed by atoms with Gasteiger partial charge in [0, 0.05) is 5.69 Å². The lowest BCUT2D eigenvalue weighted by atomic mass is 10.2. The molecule has 94 valence electrons. The van der Waals surface area contributed by atoms with Gasteiger partial charge in [0.1, 0.15) is 5.75 Å². The molecule has 0 bridgehead atoms. The number of nitrogens with one attached hydrogen (secondary N) is 2. The molecule has 1 aliphatic heterocycles. The van der Waals surface area contributed by atoms with Gasteiger partial charge in [0.05, 0.1) is 13.2 Å². The highest BCUT2D eigenvalue weighted by Gasteiger charge is 2.21. The highest BCUT2D eigenvalue weighted by atomic mass is 35.5. The second kappa shape index (κ2) is 6.47. The number of anilines is 1. The van der Waals surface area contributed by atoms with E-state index in [0.717, 1.165) is 30.8 Å². The number of hydrogen-bond donors (Lipinski definition) is 2. The van der Waals surface area contributed by atoms with Crippen LogP contribution in [0, 0.1) is 0 Å². The fourth-order valence-corrected chi connectivity index (χ4v) is 1.81. The van der Waals surface area contributed by atoms with Crippen LogP contribution in [0.15, 0.2) is 24.3 Å². The predicted molar refractivity (Wildman–Crippen MR) is 69.9 cm³/mol. The molecule has 0 aromatic heterocycles. The molecule has 17 heavy (non-hydrogen) atoms. The SMILES string of the molecule is COc1ccc(NC(=O)C2CCCN2)cc1.Cl. The summed E-state index contributed by atoms with van der Waals surface area (Å²) in [6.07, 6.45) is 1.99. The summed E-state index contributed by atoms with van der Waals surface area (Å²) in [5, 5.41) is 6.04. The molecule has 0 spiro atoms. The molecule has 2 N–H and O–H groups in total. The summed E-state index contributed by atoms with van der Waals surface area (Å²) in [7, 11) is 1.62. The molecule has 1 aromatic carbocycles. The number of hydrogen-bond acceptors (Lipinski definition) is 3. The summed E-state index contributed by atoms with van der Waals surface area (Å²) >= 11 is 0. The molecule has 5 heteroatoms. The molecule has 0 aliphatic carbocycles. The van der Waals surface area contributed by atoms with Gasteiger partial charge in [-0.3, -0.25) is 4.79 Å². The smallest absolute Gasteiger partial charge is 0.241 e. The van der Waals surface area contributed by atoms with E-state index in [0.29, 0.717) is 0 Å². The van der Waals surface area contributed by atoms with Gasteiger partial charge in [0.25, 0.3) is 0 Å². The number of rotatable bonds is 3. The first-order valence-electron chi connectivity index (χ1n) is 5.48. The molecule has 1 saturated heterocycles. The molecule has 1 aromatic rings. The Morgan fingerprint density at radius 2 is 2.12 bits per heavy atom. The van der Waals surface area contributed by atoms with Gasteiger partial charge in [-0.15, -0.1) is 12.4 Å². The minimum atomic E-state index is -0.0397. The number of benzene rings is 1. The number of carbonyl (C=O) groups is 1. The third-order valence-electron chi connectivity index (χ3n) is 2.73. The highest BCUT2D eigenvalue weighted by molar-refractivity contribution is 5.95. The normalized spacial score (nSPS) is 18.3. The zero-order valence-corrected chi connectivity index (χ0v) is 10.5. The molecule has 1 heterocycles. The van der Waals surface area contributed by atoms with E-state index in [1.807, 2.05) is 24.3 Å². The average Bonchev–Trinajstić information content (AvgIpc) is 2.83. The van der Waals surface area contributed by atoms with E-state index in [-0.39, 0.29) is 24.4 Å². The van der Waals surface area contributed by atoms with E-state index >= 15 is 0 Å². The fourth-order valence-electron chi connectivity index (χ4n) is 1.81. The summed E-state index contributed by atoms with van der Waals surface area (Å²) in [4.78, 5) is 11.8. The van der Waals surface area contributed by atoms with Gasteiger partial charge < -0.3 is 15.4 Å². The van der Waals surface area contributed by atoms with E-state index in [1.54, 1.807) is 7.11 Å². The quantitative estimate of drug-likeness (QED) is 0.867. The number of ether oxygens (including phenoxy) is 1. The third-order valence-corrected chi connectivity index (χ3v) is 2.73. The maximum atomic E-state index is 11.8. The third kappa shape index (κ3) is 3.61. The van der Waals surface area contributed by atoms with Crippen LogP contribution in [-0.4, -0.2) is 25.6 Å². The van der Waals surface area contributed by atoms with Gasteiger partial charge in [-0.25, -0.2) is 0 Å². The monoisotopic (exact) mass is 256 g/mol. The number of halogens is 1. The summed E-state index contributed by atoms with van der Waals surface area (Å²) in [6.45, 7) is 0.931. The summed E-state index contributed by atoms with van der Waals surface area (Å²) in [5.74, 6) is 0.833. The van der Waals surface area contributed by atoms with Crippen molar-refractivity contribution in [2.75, 3.05) is 19.0 Å². The first-order valence-corrected chi connectivity index (χ1v) is 5.48. The molecular weight excluding hydrogens is 240 g/mol. The van der Waals surface area contributed by atoms with Crippen LogP contribution >= 0.6 is 12.4 Å². The molecule has 0 radical (unpaired) electrons. The van der Waals surface area contributed by atoms with Gasteiger partial charge >= 0.3 is 0 Å². The van der Waals surface area contributed by atoms with Crippen molar-refractivity contribution in [2.45, 2.75) is 18.9 Å². The molecule has 4 nitrogen and oxygen atoms in total. The van der Waals surface area contributed by atoms with Crippen LogP contribution in [0.25, 0.3) is 0 Å². The minimum absolute atomic E-state index is 0. The van der Waals surface area contributed by atoms with Gasteiger partial charge in [-0.2, -0.15) is 0 Å². The summed E-state index contributed by atoms with van der Waals surface area (Å²) in [5.41, 5.74) is 0.805. The Bertz CT molecular complexity index is 361. The van der Waals surface area contributed by atoms with E-state index in [1.165, 1.54) is 0 Å². The lowest BCUT2D eigenvalue weighted by molar-refractivity contribution is -0.117. The van der Waals surface area contributed by atoms with Crippen LogP contribution in [0.1, 0.15) is 12.8 Å². The highest BCUT2D eigenvalue weighted by Crippen LogP contribution is 2.16. The van der Waals surface area contributed by atoms with Crippen molar-refractivity contribution >= 4 is 24.0 Å². The van der Waals surface area contributed by atoms with Crippen LogP contribution in [0.3, 0.4) is 0 Å². The van der Waals surface area contributed by atoms with E-state index in [2.05, 4.69) is 10.6 Å². The van der Waals surface area contributed by atoms with Crippen molar-refractivity contribution < 1.29 is 9.53 Å². The molecule has 0 saturated carbocycles. The Morgan fingerprint density at radius 3 is 2.65 bits per heavy atom. The van der Waals surface area contributed by atoms with E-state index in [9.17, 15) is 4.79 Å². The molecule has 1 amide bonds. The van der Waals surface area contributed by atoms with Crippen molar-refractivity contribution in [1.29, 1.82) is 0 Å². The van der Waals surface area contributed by atoms with Crippen LogP contribution < -0.4 is 15.4 Å². The fraction of sp³-hybridized carbons (Fsp3) is 0.417. The second-order valence-corrected chi connectivity index (χ2v) is 3.87. The predicted octanol–water partition coefficient (Wildman–Crippen LogP) is 1.81. The Balaban J connectivity index is 0.00000144. The largest absolute Gasteiger partial charge is 0.497 e. The Morgan fingerprint density at radius 1 is 1.41 bits per heavy atom. The van der Waals surface area contributed by atoms with Crippen LogP contribution in [0.5, 0.6) is 5.75 Å². The molecule has 2 rings (SSSR count). The van der Waals surface area contributed by atoms with Crippen molar-refractivity contribution in [1.82, 2.24) is 5.32 Å². The second-order valence-electron chi connectivity index (χ2n) is 3.87. The van der Waals surface area contributed by atoms with Crippen LogP contribution in [0.2, 0.25) is 0 Å². The van der Waals surface area contributed by atoms with Crippen LogP contribution in [-0.2, 0) is 4.79 Å². The van der Waals surface area contributed by atoms with E-state index in [4.69, 9.17) is 4.74 Å². The number of amides is 1. The first kappa shape index (κ1) is 13.8. The molecule has 1 fully saturated rings. The Labute approximate surface area is 107 Å². The standard InChI is InChI=1S/C12H16N2O2.ClH/c1-16-10-6-4-9(5-7-10)14-12(15)11-3-2-8-13-11;/h4-7,11,13H,2-3,8H2,1H3,(H,14,15);1H. The Kier molecular flexibility index (Phi) is 5.25. The summed E-state index contributed by atoms with van der Waals surface area (Å²) in [6, 6.07) is 7.30. The molecule has 1 aliphatic rings.